The average molecular weight is 322 g/mol. The topological polar surface area (TPSA) is 94.9 Å². The van der Waals surface area contributed by atoms with E-state index >= 15 is 0 Å². The summed E-state index contributed by atoms with van der Waals surface area (Å²) in [5.41, 5.74) is 0.502. The van der Waals surface area contributed by atoms with E-state index in [0.29, 0.717) is 16.9 Å². The van der Waals surface area contributed by atoms with Gasteiger partial charge in [-0.15, -0.1) is 0 Å². The van der Waals surface area contributed by atoms with Crippen molar-refractivity contribution >= 4 is 17.5 Å². The molecule has 0 spiro atoms. The maximum absolute atomic E-state index is 12.4. The number of hydrogen-bond acceptors (Lipinski definition) is 4. The van der Waals surface area contributed by atoms with E-state index in [2.05, 4.69) is 15.6 Å². The highest BCUT2D eigenvalue weighted by molar-refractivity contribution is 6.09. The van der Waals surface area contributed by atoms with Crippen molar-refractivity contribution in [3.8, 4) is 6.07 Å². The molecule has 24 heavy (non-hydrogen) atoms. The van der Waals surface area contributed by atoms with Gasteiger partial charge in [0.15, 0.2) is 0 Å². The third-order valence-electron chi connectivity index (χ3n) is 3.56. The van der Waals surface area contributed by atoms with Crippen LogP contribution in [0.5, 0.6) is 0 Å². The molecule has 2 aromatic rings. The zero-order chi connectivity index (χ0) is 17.6. The first kappa shape index (κ1) is 17.2. The van der Waals surface area contributed by atoms with E-state index in [1.54, 1.807) is 56.4 Å². The van der Waals surface area contributed by atoms with Crippen LogP contribution in [0.15, 0.2) is 48.7 Å². The highest BCUT2D eigenvalue weighted by atomic mass is 16.2. The third-order valence-corrected chi connectivity index (χ3v) is 3.56. The molecule has 0 aliphatic rings. The minimum Gasteiger partial charge on any atom is -0.350 e. The summed E-state index contributed by atoms with van der Waals surface area (Å²) in [5, 5.41) is 14.2. The quantitative estimate of drug-likeness (QED) is 0.825. The van der Waals surface area contributed by atoms with E-state index in [4.69, 9.17) is 5.26 Å². The van der Waals surface area contributed by atoms with Crippen LogP contribution in [0, 0.1) is 16.7 Å². The molecule has 0 fully saturated rings. The fraction of sp³-hybridized carbons (Fsp3) is 0.222. The fourth-order valence-corrected chi connectivity index (χ4v) is 1.91. The summed E-state index contributed by atoms with van der Waals surface area (Å²) >= 11 is 0. The molecule has 0 aliphatic heterocycles. The van der Waals surface area contributed by atoms with Crippen LogP contribution in [0.3, 0.4) is 0 Å². The van der Waals surface area contributed by atoms with Gasteiger partial charge in [0.1, 0.15) is 5.41 Å². The van der Waals surface area contributed by atoms with Gasteiger partial charge in [-0.2, -0.15) is 5.26 Å². The van der Waals surface area contributed by atoms with Gasteiger partial charge in [0.2, 0.25) is 11.8 Å². The van der Waals surface area contributed by atoms with E-state index < -0.39 is 11.3 Å². The van der Waals surface area contributed by atoms with Crippen LogP contribution in [0.4, 0.5) is 5.69 Å². The van der Waals surface area contributed by atoms with Crippen LogP contribution >= 0.6 is 0 Å². The minimum atomic E-state index is -1.25. The molecule has 2 rings (SSSR count). The molecule has 2 N–H and O–H groups in total. The Hall–Kier alpha value is -3.20. The summed E-state index contributed by atoms with van der Waals surface area (Å²) in [6.07, 6.45) is 1.64. The first-order valence-corrected chi connectivity index (χ1v) is 7.43. The van der Waals surface area contributed by atoms with E-state index in [9.17, 15) is 9.59 Å². The lowest BCUT2D eigenvalue weighted by Gasteiger charge is -2.22. The van der Waals surface area contributed by atoms with Crippen LogP contribution in [-0.4, -0.2) is 16.8 Å². The smallest absolute Gasteiger partial charge is 0.239 e. The van der Waals surface area contributed by atoms with Gasteiger partial charge in [0, 0.05) is 11.9 Å². The number of nitriles is 1. The standard InChI is InChI=1S/C18H18N4O2/c1-18(2,16(23)21-12-15-5-3-4-10-20-15)17(24)22-14-8-6-13(11-19)7-9-14/h3-10H,12H2,1-2H3,(H,21,23)(H,22,24). The van der Waals surface area contributed by atoms with Gasteiger partial charge in [-0.05, 0) is 50.2 Å². The Balaban J connectivity index is 1.98. The molecule has 1 aromatic heterocycles. The summed E-state index contributed by atoms with van der Waals surface area (Å²) in [7, 11) is 0. The number of rotatable bonds is 5. The summed E-state index contributed by atoms with van der Waals surface area (Å²) in [6, 6.07) is 13.9. The van der Waals surface area contributed by atoms with Crippen molar-refractivity contribution in [1.82, 2.24) is 10.3 Å². The second-order valence-electron chi connectivity index (χ2n) is 5.77. The summed E-state index contributed by atoms with van der Waals surface area (Å²) in [6.45, 7) is 3.37. The number of hydrogen-bond donors (Lipinski definition) is 2. The number of carbonyl (C=O) groups excluding carboxylic acids is 2. The summed E-state index contributed by atoms with van der Waals surface area (Å²) in [5.74, 6) is -0.815. The van der Waals surface area contributed by atoms with E-state index in [-0.39, 0.29) is 12.5 Å². The molecule has 0 atom stereocenters. The van der Waals surface area contributed by atoms with E-state index in [1.165, 1.54) is 0 Å². The predicted molar refractivity (Wildman–Crippen MR) is 89.7 cm³/mol. The van der Waals surface area contributed by atoms with Crippen LogP contribution in [0.25, 0.3) is 0 Å². The molecular weight excluding hydrogens is 304 g/mol. The second-order valence-corrected chi connectivity index (χ2v) is 5.77. The minimum absolute atomic E-state index is 0.257. The Morgan fingerprint density at radius 3 is 2.42 bits per heavy atom. The molecule has 0 saturated heterocycles. The van der Waals surface area contributed by atoms with E-state index in [0.717, 1.165) is 0 Å². The number of benzene rings is 1. The van der Waals surface area contributed by atoms with Crippen molar-refractivity contribution in [2.75, 3.05) is 5.32 Å². The van der Waals surface area contributed by atoms with Gasteiger partial charge in [0.25, 0.3) is 0 Å². The van der Waals surface area contributed by atoms with Crippen LogP contribution in [0.1, 0.15) is 25.1 Å². The number of nitrogens with zero attached hydrogens (tertiary/aromatic N) is 2. The summed E-state index contributed by atoms with van der Waals surface area (Å²) < 4.78 is 0. The van der Waals surface area contributed by atoms with Crippen LogP contribution < -0.4 is 10.6 Å². The Labute approximate surface area is 140 Å². The Morgan fingerprint density at radius 2 is 1.83 bits per heavy atom. The number of amides is 2. The molecule has 6 heteroatoms. The number of pyridine rings is 1. The maximum atomic E-state index is 12.4. The highest BCUT2D eigenvalue weighted by Crippen LogP contribution is 2.19. The zero-order valence-corrected chi connectivity index (χ0v) is 13.5. The van der Waals surface area contributed by atoms with Crippen LogP contribution in [0.2, 0.25) is 0 Å². The molecule has 6 nitrogen and oxygen atoms in total. The Kier molecular flexibility index (Phi) is 5.27. The Morgan fingerprint density at radius 1 is 1.12 bits per heavy atom. The van der Waals surface area contributed by atoms with Gasteiger partial charge in [-0.1, -0.05) is 6.07 Å². The lowest BCUT2D eigenvalue weighted by atomic mass is 9.91. The largest absolute Gasteiger partial charge is 0.350 e. The van der Waals surface area contributed by atoms with Crippen molar-refractivity contribution in [2.24, 2.45) is 5.41 Å². The molecule has 0 bridgehead atoms. The average Bonchev–Trinajstić information content (AvgIpc) is 2.61. The van der Waals surface area contributed by atoms with Gasteiger partial charge in [-0.3, -0.25) is 14.6 Å². The van der Waals surface area contributed by atoms with Crippen molar-refractivity contribution in [2.45, 2.75) is 20.4 Å². The molecule has 0 unspecified atom stereocenters. The van der Waals surface area contributed by atoms with E-state index in [1.807, 2.05) is 12.1 Å². The van der Waals surface area contributed by atoms with Gasteiger partial charge in [-0.25, -0.2) is 0 Å². The molecule has 0 aliphatic carbocycles. The summed E-state index contributed by atoms with van der Waals surface area (Å²) in [4.78, 5) is 28.8. The normalized spacial score (nSPS) is 10.5. The third kappa shape index (κ3) is 4.17. The van der Waals surface area contributed by atoms with Crippen molar-refractivity contribution in [1.29, 1.82) is 5.26 Å². The number of nitrogens with one attached hydrogen (secondary N) is 2. The first-order valence-electron chi connectivity index (χ1n) is 7.43. The molecule has 1 heterocycles. The van der Waals surface area contributed by atoms with Crippen molar-refractivity contribution in [3.05, 3.63) is 59.9 Å². The van der Waals surface area contributed by atoms with Crippen molar-refractivity contribution in [3.63, 3.8) is 0 Å². The second kappa shape index (κ2) is 7.38. The number of anilines is 1. The highest BCUT2D eigenvalue weighted by Gasteiger charge is 2.35. The predicted octanol–water partition coefficient (Wildman–Crippen LogP) is 2.23. The lowest BCUT2D eigenvalue weighted by molar-refractivity contribution is -0.138. The molecule has 122 valence electrons. The molecule has 1 aromatic carbocycles. The van der Waals surface area contributed by atoms with Crippen LogP contribution in [-0.2, 0) is 16.1 Å². The number of aromatic nitrogens is 1. The van der Waals surface area contributed by atoms with Gasteiger partial charge < -0.3 is 10.6 Å². The SMILES string of the molecule is CC(C)(C(=O)NCc1ccccn1)C(=O)Nc1ccc(C#N)cc1. The first-order chi connectivity index (χ1) is 11.4. The molecular formula is C18H18N4O2. The van der Waals surface area contributed by atoms with Gasteiger partial charge in [0.05, 0.1) is 23.9 Å². The lowest BCUT2D eigenvalue weighted by Crippen LogP contribution is -2.44. The maximum Gasteiger partial charge on any atom is 0.239 e. The fourth-order valence-electron chi connectivity index (χ4n) is 1.91. The van der Waals surface area contributed by atoms with Gasteiger partial charge >= 0.3 is 0 Å². The zero-order valence-electron chi connectivity index (χ0n) is 13.5. The van der Waals surface area contributed by atoms with Crippen molar-refractivity contribution < 1.29 is 9.59 Å². The monoisotopic (exact) mass is 322 g/mol. The molecule has 0 radical (unpaired) electrons. The molecule has 2 amide bonds. The number of carbonyl (C=O) groups is 2. The molecule has 0 saturated carbocycles. The Bertz CT molecular complexity index is 762.